The lowest BCUT2D eigenvalue weighted by molar-refractivity contribution is -0.121. The molecule has 0 radical (unpaired) electrons. The predicted octanol–water partition coefficient (Wildman–Crippen LogP) is 2.94. The number of carbonyl (C=O) groups is 2. The zero-order chi connectivity index (χ0) is 15.9. The Labute approximate surface area is 129 Å². The molecule has 0 saturated heterocycles. The fourth-order valence-corrected chi connectivity index (χ4v) is 2.23. The summed E-state index contributed by atoms with van der Waals surface area (Å²) >= 11 is 0. The predicted molar refractivity (Wildman–Crippen MR) is 84.7 cm³/mol. The third kappa shape index (κ3) is 4.74. The minimum absolute atomic E-state index is 0.0396. The lowest BCUT2D eigenvalue weighted by atomic mass is 10.1. The number of aromatic carboxylic acids is 1. The van der Waals surface area contributed by atoms with Crippen molar-refractivity contribution in [3.8, 4) is 0 Å². The largest absolute Gasteiger partial charge is 0.478 e. The van der Waals surface area contributed by atoms with E-state index < -0.39 is 5.97 Å². The Morgan fingerprint density at radius 3 is 2.50 bits per heavy atom. The fraction of sp³-hybridized carbons (Fsp3) is 0.222. The van der Waals surface area contributed by atoms with E-state index in [0.717, 1.165) is 11.1 Å². The van der Waals surface area contributed by atoms with Crippen LogP contribution in [0.5, 0.6) is 0 Å². The van der Waals surface area contributed by atoms with Crippen molar-refractivity contribution in [2.75, 3.05) is 0 Å². The minimum atomic E-state index is -0.965. The summed E-state index contributed by atoms with van der Waals surface area (Å²) < 4.78 is 0. The molecule has 0 aromatic heterocycles. The Morgan fingerprint density at radius 1 is 1.05 bits per heavy atom. The first-order valence-corrected chi connectivity index (χ1v) is 7.19. The molecule has 22 heavy (non-hydrogen) atoms. The summed E-state index contributed by atoms with van der Waals surface area (Å²) in [7, 11) is 0. The molecule has 2 N–H and O–H groups in total. The second kappa shape index (κ2) is 7.41. The van der Waals surface area contributed by atoms with Gasteiger partial charge in [-0.05, 0) is 36.6 Å². The number of carbonyl (C=O) groups excluding carboxylic acids is 1. The minimum Gasteiger partial charge on any atom is -0.478 e. The average Bonchev–Trinajstić information content (AvgIpc) is 2.51. The average molecular weight is 297 g/mol. The van der Waals surface area contributed by atoms with E-state index in [1.807, 2.05) is 25.1 Å². The maximum Gasteiger partial charge on any atom is 0.335 e. The Bertz CT molecular complexity index is 680. The lowest BCUT2D eigenvalue weighted by Crippen LogP contribution is -2.23. The monoisotopic (exact) mass is 297 g/mol. The third-order valence-corrected chi connectivity index (χ3v) is 3.39. The lowest BCUT2D eigenvalue weighted by Gasteiger charge is -2.07. The Hall–Kier alpha value is -2.62. The number of carboxylic acids is 1. The molecule has 0 spiro atoms. The van der Waals surface area contributed by atoms with Gasteiger partial charge in [-0.25, -0.2) is 4.79 Å². The second-order valence-corrected chi connectivity index (χ2v) is 5.27. The molecule has 0 fully saturated rings. The van der Waals surface area contributed by atoms with Crippen molar-refractivity contribution < 1.29 is 14.7 Å². The van der Waals surface area contributed by atoms with Crippen LogP contribution in [-0.2, 0) is 17.8 Å². The molecule has 2 aromatic carbocycles. The number of hydrogen-bond acceptors (Lipinski definition) is 2. The molecule has 2 aromatic rings. The molecule has 2 rings (SSSR count). The highest BCUT2D eigenvalue weighted by molar-refractivity contribution is 5.87. The van der Waals surface area contributed by atoms with Crippen LogP contribution in [0.25, 0.3) is 0 Å². The molecule has 114 valence electrons. The van der Waals surface area contributed by atoms with Gasteiger partial charge in [0.25, 0.3) is 0 Å². The summed E-state index contributed by atoms with van der Waals surface area (Å²) in [6, 6.07) is 14.7. The van der Waals surface area contributed by atoms with Crippen LogP contribution in [0.2, 0.25) is 0 Å². The first-order valence-electron chi connectivity index (χ1n) is 7.19. The molecular formula is C18H19NO3. The van der Waals surface area contributed by atoms with Gasteiger partial charge in [0.1, 0.15) is 0 Å². The summed E-state index contributed by atoms with van der Waals surface area (Å²) in [5.74, 6) is -1.00. The molecule has 0 aliphatic carbocycles. The van der Waals surface area contributed by atoms with Crippen molar-refractivity contribution in [3.05, 3.63) is 70.8 Å². The number of benzene rings is 2. The summed E-state index contributed by atoms with van der Waals surface area (Å²) in [4.78, 5) is 22.8. The van der Waals surface area contributed by atoms with E-state index >= 15 is 0 Å². The highest BCUT2D eigenvalue weighted by Gasteiger charge is 2.05. The van der Waals surface area contributed by atoms with Gasteiger partial charge >= 0.3 is 5.97 Å². The van der Waals surface area contributed by atoms with Crippen LogP contribution >= 0.6 is 0 Å². The van der Waals surface area contributed by atoms with Crippen molar-refractivity contribution in [2.45, 2.75) is 26.3 Å². The van der Waals surface area contributed by atoms with Crippen LogP contribution in [0.1, 0.15) is 33.5 Å². The zero-order valence-electron chi connectivity index (χ0n) is 12.5. The molecule has 1 amide bonds. The van der Waals surface area contributed by atoms with Gasteiger partial charge < -0.3 is 10.4 Å². The first kappa shape index (κ1) is 15.8. The molecule has 0 heterocycles. The molecule has 0 aliphatic heterocycles. The highest BCUT2D eigenvalue weighted by atomic mass is 16.4. The smallest absolute Gasteiger partial charge is 0.335 e. The van der Waals surface area contributed by atoms with Crippen LogP contribution in [0.4, 0.5) is 0 Å². The molecule has 0 saturated carbocycles. The van der Waals surface area contributed by atoms with Gasteiger partial charge in [-0.2, -0.15) is 0 Å². The molecular weight excluding hydrogens is 278 g/mol. The van der Waals surface area contributed by atoms with Crippen LogP contribution in [-0.4, -0.2) is 17.0 Å². The number of aryl methyl sites for hydroxylation is 2. The van der Waals surface area contributed by atoms with Crippen molar-refractivity contribution in [2.24, 2.45) is 0 Å². The maximum absolute atomic E-state index is 11.9. The van der Waals surface area contributed by atoms with Gasteiger partial charge in [0.2, 0.25) is 5.91 Å². The number of carboxylic acid groups (broad SMARTS) is 1. The van der Waals surface area contributed by atoms with Crippen LogP contribution in [0.15, 0.2) is 48.5 Å². The standard InChI is InChI=1S/C18H19NO3/c1-13-4-2-5-14(10-13)8-9-17(20)19-12-15-6-3-7-16(11-15)18(21)22/h2-7,10-11H,8-9,12H2,1H3,(H,19,20)(H,21,22). The summed E-state index contributed by atoms with van der Waals surface area (Å²) in [6.45, 7) is 2.37. The summed E-state index contributed by atoms with van der Waals surface area (Å²) in [5.41, 5.74) is 3.33. The van der Waals surface area contributed by atoms with Crippen molar-refractivity contribution in [1.82, 2.24) is 5.32 Å². The Balaban J connectivity index is 1.83. The first-order chi connectivity index (χ1) is 10.5. The fourth-order valence-electron chi connectivity index (χ4n) is 2.23. The quantitative estimate of drug-likeness (QED) is 0.861. The van der Waals surface area contributed by atoms with E-state index in [4.69, 9.17) is 5.11 Å². The van der Waals surface area contributed by atoms with Crippen molar-refractivity contribution in [1.29, 1.82) is 0 Å². The summed E-state index contributed by atoms with van der Waals surface area (Å²) in [5, 5.41) is 11.8. The van der Waals surface area contributed by atoms with Crippen molar-refractivity contribution in [3.63, 3.8) is 0 Å². The SMILES string of the molecule is Cc1cccc(CCC(=O)NCc2cccc(C(=O)O)c2)c1. The number of nitrogens with one attached hydrogen (secondary N) is 1. The Kier molecular flexibility index (Phi) is 5.31. The number of hydrogen-bond donors (Lipinski definition) is 2. The second-order valence-electron chi connectivity index (χ2n) is 5.27. The third-order valence-electron chi connectivity index (χ3n) is 3.39. The van der Waals surface area contributed by atoms with Crippen LogP contribution < -0.4 is 5.32 Å². The molecule has 0 aliphatic rings. The van der Waals surface area contributed by atoms with E-state index in [0.29, 0.717) is 19.4 Å². The van der Waals surface area contributed by atoms with Gasteiger partial charge in [0, 0.05) is 13.0 Å². The van der Waals surface area contributed by atoms with E-state index in [2.05, 4.69) is 11.4 Å². The molecule has 4 nitrogen and oxygen atoms in total. The van der Waals surface area contributed by atoms with E-state index in [-0.39, 0.29) is 11.5 Å². The molecule has 0 atom stereocenters. The maximum atomic E-state index is 11.9. The number of rotatable bonds is 6. The van der Waals surface area contributed by atoms with Gasteiger partial charge in [0.15, 0.2) is 0 Å². The van der Waals surface area contributed by atoms with Crippen LogP contribution in [0.3, 0.4) is 0 Å². The summed E-state index contributed by atoms with van der Waals surface area (Å²) in [6.07, 6.45) is 1.12. The van der Waals surface area contributed by atoms with E-state index in [9.17, 15) is 9.59 Å². The van der Waals surface area contributed by atoms with Crippen LogP contribution in [0, 0.1) is 6.92 Å². The molecule has 4 heteroatoms. The zero-order valence-corrected chi connectivity index (χ0v) is 12.5. The van der Waals surface area contributed by atoms with E-state index in [1.165, 1.54) is 11.6 Å². The normalized spacial score (nSPS) is 10.2. The van der Waals surface area contributed by atoms with Gasteiger partial charge in [-0.3, -0.25) is 4.79 Å². The molecule has 0 unspecified atom stereocenters. The highest BCUT2D eigenvalue weighted by Crippen LogP contribution is 2.07. The van der Waals surface area contributed by atoms with Gasteiger partial charge in [-0.1, -0.05) is 42.0 Å². The van der Waals surface area contributed by atoms with Gasteiger partial charge in [-0.15, -0.1) is 0 Å². The number of amides is 1. The Morgan fingerprint density at radius 2 is 1.77 bits per heavy atom. The molecule has 0 bridgehead atoms. The van der Waals surface area contributed by atoms with Crippen molar-refractivity contribution >= 4 is 11.9 Å². The topological polar surface area (TPSA) is 66.4 Å². The van der Waals surface area contributed by atoms with Gasteiger partial charge in [0.05, 0.1) is 5.56 Å². The van der Waals surface area contributed by atoms with E-state index in [1.54, 1.807) is 18.2 Å².